The monoisotopic (exact) mass is 325 g/mol. The van der Waals surface area contributed by atoms with Gasteiger partial charge in [-0.25, -0.2) is 8.78 Å². The number of hydrogen-bond donors (Lipinski definition) is 1. The van der Waals surface area contributed by atoms with Crippen LogP contribution >= 0.6 is 15.9 Å². The van der Waals surface area contributed by atoms with E-state index in [4.69, 9.17) is 0 Å². The van der Waals surface area contributed by atoms with Gasteiger partial charge in [0.15, 0.2) is 5.82 Å². The maximum atomic E-state index is 13.8. The molecule has 0 amide bonds. The zero-order valence-electron chi connectivity index (χ0n) is 10.7. The van der Waals surface area contributed by atoms with Crippen LogP contribution in [0.2, 0.25) is 0 Å². The molecule has 0 atom stereocenters. The lowest BCUT2D eigenvalue weighted by Gasteiger charge is -2.11. The highest BCUT2D eigenvalue weighted by molar-refractivity contribution is 9.10. The molecule has 0 radical (unpaired) electrons. The summed E-state index contributed by atoms with van der Waals surface area (Å²) in [5.74, 6) is -1.11. The molecule has 2 aromatic rings. The predicted molar refractivity (Wildman–Crippen MR) is 77.3 cm³/mol. The van der Waals surface area contributed by atoms with Crippen molar-refractivity contribution in [3.63, 3.8) is 0 Å². The average molecular weight is 326 g/mol. The van der Waals surface area contributed by atoms with Crippen LogP contribution in [0.1, 0.15) is 16.7 Å². The number of rotatable bonds is 3. The third-order valence-electron chi connectivity index (χ3n) is 2.98. The van der Waals surface area contributed by atoms with E-state index in [2.05, 4.69) is 21.2 Å². The van der Waals surface area contributed by atoms with Gasteiger partial charge in [-0.1, -0.05) is 34.1 Å². The minimum atomic E-state index is -0.572. The van der Waals surface area contributed by atoms with Crippen molar-refractivity contribution in [2.45, 2.75) is 20.4 Å². The predicted octanol–water partition coefficient (Wildman–Crippen LogP) is 4.96. The van der Waals surface area contributed by atoms with E-state index in [0.29, 0.717) is 12.1 Å². The standard InChI is InChI=1S/C15H14BrF2N/c1-9-3-6-13(17)15(14(9)18)19-8-11-4-5-12(16)10(2)7-11/h3-7,19H,8H2,1-2H3. The van der Waals surface area contributed by atoms with Gasteiger partial charge < -0.3 is 5.32 Å². The lowest BCUT2D eigenvalue weighted by atomic mass is 10.1. The summed E-state index contributed by atoms with van der Waals surface area (Å²) in [7, 11) is 0. The van der Waals surface area contributed by atoms with Crippen LogP contribution in [-0.4, -0.2) is 0 Å². The zero-order valence-corrected chi connectivity index (χ0v) is 12.3. The summed E-state index contributed by atoms with van der Waals surface area (Å²) in [6.45, 7) is 3.97. The van der Waals surface area contributed by atoms with Gasteiger partial charge >= 0.3 is 0 Å². The van der Waals surface area contributed by atoms with Gasteiger partial charge in [0.25, 0.3) is 0 Å². The van der Waals surface area contributed by atoms with Crippen LogP contribution in [0.4, 0.5) is 14.5 Å². The summed E-state index contributed by atoms with van der Waals surface area (Å²) in [6, 6.07) is 8.51. The second kappa shape index (κ2) is 5.70. The van der Waals surface area contributed by atoms with Crippen LogP contribution in [-0.2, 0) is 6.54 Å². The van der Waals surface area contributed by atoms with Crippen molar-refractivity contribution >= 4 is 21.6 Å². The van der Waals surface area contributed by atoms with Crippen molar-refractivity contribution in [1.82, 2.24) is 0 Å². The largest absolute Gasteiger partial charge is 0.376 e. The fraction of sp³-hybridized carbons (Fsp3) is 0.200. The Labute approximate surface area is 119 Å². The molecule has 0 heterocycles. The first-order chi connectivity index (χ1) is 8.99. The lowest BCUT2D eigenvalue weighted by molar-refractivity contribution is 0.582. The highest BCUT2D eigenvalue weighted by atomic mass is 79.9. The van der Waals surface area contributed by atoms with Crippen molar-refractivity contribution in [3.05, 3.63) is 63.1 Å². The van der Waals surface area contributed by atoms with E-state index in [1.54, 1.807) is 6.92 Å². The molecular formula is C15H14BrF2N. The summed E-state index contributed by atoms with van der Waals surface area (Å²) in [6.07, 6.45) is 0. The van der Waals surface area contributed by atoms with E-state index in [9.17, 15) is 8.78 Å². The van der Waals surface area contributed by atoms with E-state index < -0.39 is 11.6 Å². The van der Waals surface area contributed by atoms with Crippen LogP contribution in [0.25, 0.3) is 0 Å². The number of nitrogens with one attached hydrogen (secondary N) is 1. The summed E-state index contributed by atoms with van der Waals surface area (Å²) >= 11 is 3.42. The highest BCUT2D eigenvalue weighted by Gasteiger charge is 2.10. The van der Waals surface area contributed by atoms with Crippen LogP contribution in [0.3, 0.4) is 0 Å². The SMILES string of the molecule is Cc1cc(CNc2c(F)ccc(C)c2F)ccc1Br. The normalized spacial score (nSPS) is 10.6. The molecule has 0 aromatic heterocycles. The second-order valence-electron chi connectivity index (χ2n) is 4.49. The molecule has 0 aliphatic carbocycles. The molecule has 0 saturated carbocycles. The van der Waals surface area contributed by atoms with Crippen molar-refractivity contribution in [3.8, 4) is 0 Å². The first kappa shape index (κ1) is 14.0. The van der Waals surface area contributed by atoms with Crippen LogP contribution in [0, 0.1) is 25.5 Å². The van der Waals surface area contributed by atoms with E-state index in [-0.39, 0.29) is 5.69 Å². The maximum Gasteiger partial charge on any atom is 0.152 e. The summed E-state index contributed by atoms with van der Waals surface area (Å²) in [5.41, 5.74) is 2.42. The quantitative estimate of drug-likeness (QED) is 0.841. The van der Waals surface area contributed by atoms with Gasteiger partial charge in [0.2, 0.25) is 0 Å². The van der Waals surface area contributed by atoms with E-state index in [0.717, 1.165) is 15.6 Å². The lowest BCUT2D eigenvalue weighted by Crippen LogP contribution is -2.05. The summed E-state index contributed by atoms with van der Waals surface area (Å²) in [4.78, 5) is 0. The molecule has 0 aliphatic rings. The van der Waals surface area contributed by atoms with Gasteiger partial charge in [0.05, 0.1) is 0 Å². The number of anilines is 1. The molecule has 2 aromatic carbocycles. The Hall–Kier alpha value is -1.42. The Bertz CT molecular complexity index is 611. The molecule has 0 fully saturated rings. The Morgan fingerprint density at radius 2 is 1.79 bits per heavy atom. The molecular weight excluding hydrogens is 312 g/mol. The van der Waals surface area contributed by atoms with Crippen molar-refractivity contribution in [2.24, 2.45) is 0 Å². The fourth-order valence-electron chi connectivity index (χ4n) is 1.83. The van der Waals surface area contributed by atoms with E-state index >= 15 is 0 Å². The van der Waals surface area contributed by atoms with Crippen LogP contribution in [0.15, 0.2) is 34.8 Å². The van der Waals surface area contributed by atoms with Crippen LogP contribution < -0.4 is 5.32 Å². The molecule has 0 bridgehead atoms. The van der Waals surface area contributed by atoms with E-state index in [1.165, 1.54) is 12.1 Å². The summed E-state index contributed by atoms with van der Waals surface area (Å²) < 4.78 is 28.4. The Morgan fingerprint density at radius 1 is 1.05 bits per heavy atom. The topological polar surface area (TPSA) is 12.0 Å². The number of benzene rings is 2. The molecule has 0 spiro atoms. The molecule has 0 saturated heterocycles. The zero-order chi connectivity index (χ0) is 14.0. The number of hydrogen-bond acceptors (Lipinski definition) is 1. The first-order valence-electron chi connectivity index (χ1n) is 5.92. The smallest absolute Gasteiger partial charge is 0.152 e. The highest BCUT2D eigenvalue weighted by Crippen LogP contribution is 2.23. The van der Waals surface area contributed by atoms with E-state index in [1.807, 2.05) is 25.1 Å². The molecule has 0 aliphatic heterocycles. The molecule has 100 valence electrons. The molecule has 2 rings (SSSR count). The minimum absolute atomic E-state index is 0.0689. The van der Waals surface area contributed by atoms with Gasteiger partial charge in [0, 0.05) is 11.0 Å². The van der Waals surface area contributed by atoms with Gasteiger partial charge in [-0.2, -0.15) is 0 Å². The number of aryl methyl sites for hydroxylation is 2. The molecule has 19 heavy (non-hydrogen) atoms. The first-order valence-corrected chi connectivity index (χ1v) is 6.72. The van der Waals surface area contributed by atoms with Crippen LogP contribution in [0.5, 0.6) is 0 Å². The Morgan fingerprint density at radius 3 is 2.47 bits per heavy atom. The van der Waals surface area contributed by atoms with Gasteiger partial charge in [-0.05, 0) is 42.7 Å². The molecule has 1 N–H and O–H groups in total. The fourth-order valence-corrected chi connectivity index (χ4v) is 2.07. The number of halogens is 3. The van der Waals surface area contributed by atoms with Crippen molar-refractivity contribution in [1.29, 1.82) is 0 Å². The third-order valence-corrected chi connectivity index (χ3v) is 3.87. The molecule has 4 heteroatoms. The maximum absolute atomic E-state index is 13.8. The Kier molecular flexibility index (Phi) is 4.20. The summed E-state index contributed by atoms with van der Waals surface area (Å²) in [5, 5.41) is 2.82. The average Bonchev–Trinajstić information content (AvgIpc) is 2.38. The van der Waals surface area contributed by atoms with Gasteiger partial charge in [0.1, 0.15) is 11.5 Å². The minimum Gasteiger partial charge on any atom is -0.376 e. The second-order valence-corrected chi connectivity index (χ2v) is 5.34. The molecule has 0 unspecified atom stereocenters. The van der Waals surface area contributed by atoms with Gasteiger partial charge in [-0.3, -0.25) is 0 Å². The third kappa shape index (κ3) is 3.13. The molecule has 1 nitrogen and oxygen atoms in total. The van der Waals surface area contributed by atoms with Crippen molar-refractivity contribution < 1.29 is 8.78 Å². The Balaban J connectivity index is 2.19. The van der Waals surface area contributed by atoms with Gasteiger partial charge in [-0.15, -0.1) is 0 Å². The van der Waals surface area contributed by atoms with Crippen molar-refractivity contribution in [2.75, 3.05) is 5.32 Å².